The molecule has 0 atom stereocenters. The van der Waals surface area contributed by atoms with Gasteiger partial charge in [-0.1, -0.05) is 115 Å². The van der Waals surface area contributed by atoms with E-state index < -0.39 is 0 Å². The van der Waals surface area contributed by atoms with Gasteiger partial charge < -0.3 is 8.98 Å². The number of benzene rings is 9. The summed E-state index contributed by atoms with van der Waals surface area (Å²) in [6.45, 7) is 0. The maximum Gasteiger partial charge on any atom is 0.136 e. The predicted molar refractivity (Wildman–Crippen MR) is 195 cm³/mol. The summed E-state index contributed by atoms with van der Waals surface area (Å²) < 4.78 is 8.97. The monoisotopic (exact) mass is 583 g/mol. The predicted octanol–water partition coefficient (Wildman–Crippen LogP) is 12.4. The Labute approximate surface area is 263 Å². The van der Waals surface area contributed by atoms with Crippen LogP contribution < -0.4 is 0 Å². The van der Waals surface area contributed by atoms with Crippen LogP contribution in [0.25, 0.3) is 104 Å². The van der Waals surface area contributed by atoms with Crippen molar-refractivity contribution in [2.45, 2.75) is 0 Å². The van der Waals surface area contributed by atoms with Crippen LogP contribution in [0.3, 0.4) is 0 Å². The highest BCUT2D eigenvalue weighted by molar-refractivity contribution is 6.41. The molecule has 9 aromatic carbocycles. The average Bonchev–Trinajstić information content (AvgIpc) is 3.66. The first kappa shape index (κ1) is 24.2. The number of nitrogens with zero attached hydrogens (tertiary/aromatic N) is 1. The third-order valence-electron chi connectivity index (χ3n) is 10.1. The average molecular weight is 584 g/mol. The van der Waals surface area contributed by atoms with Crippen molar-refractivity contribution < 1.29 is 4.42 Å². The van der Waals surface area contributed by atoms with E-state index in [2.05, 4.69) is 156 Å². The minimum atomic E-state index is 0.929. The molecule has 2 aromatic heterocycles. The summed E-state index contributed by atoms with van der Waals surface area (Å²) in [4.78, 5) is 0. The Kier molecular flexibility index (Phi) is 4.61. The standard InChI is InChI=1S/C44H25NO/c1-2-10-26(11-3-1)27-20-22-28(23-21-27)45-37-18-6-4-12-31(37)43-33-16-8-14-29-30-15-9-17-34-42(30)36(35(41(29)33)24-38(43)45)25-40-44(34)32-13-5-7-19-39(32)46-40/h1-25H. The van der Waals surface area contributed by atoms with E-state index in [-0.39, 0.29) is 0 Å². The van der Waals surface area contributed by atoms with Gasteiger partial charge in [-0.2, -0.15) is 0 Å². The molecule has 0 fully saturated rings. The second-order valence-corrected chi connectivity index (χ2v) is 12.4. The lowest BCUT2D eigenvalue weighted by atomic mass is 9.87. The van der Waals surface area contributed by atoms with Crippen molar-refractivity contribution in [2.24, 2.45) is 0 Å². The molecular formula is C44H25NO. The molecule has 212 valence electrons. The van der Waals surface area contributed by atoms with Crippen molar-refractivity contribution >= 4 is 86.8 Å². The van der Waals surface area contributed by atoms with Crippen LogP contribution in [-0.2, 0) is 0 Å². The van der Waals surface area contributed by atoms with Crippen LogP contribution in [-0.4, -0.2) is 4.57 Å². The highest BCUT2D eigenvalue weighted by Gasteiger charge is 2.22. The van der Waals surface area contributed by atoms with Crippen LogP contribution in [0, 0.1) is 0 Å². The third kappa shape index (κ3) is 3.05. The largest absolute Gasteiger partial charge is 0.456 e. The van der Waals surface area contributed by atoms with Crippen molar-refractivity contribution in [1.82, 2.24) is 4.57 Å². The van der Waals surface area contributed by atoms with E-state index >= 15 is 0 Å². The zero-order valence-electron chi connectivity index (χ0n) is 24.8. The highest BCUT2D eigenvalue weighted by Crippen LogP contribution is 2.48. The van der Waals surface area contributed by atoms with Gasteiger partial charge in [0.25, 0.3) is 0 Å². The summed E-state index contributed by atoms with van der Waals surface area (Å²) in [5.74, 6) is 0. The van der Waals surface area contributed by atoms with Gasteiger partial charge in [0.05, 0.1) is 11.0 Å². The van der Waals surface area contributed by atoms with Crippen molar-refractivity contribution in [3.8, 4) is 16.8 Å². The number of fused-ring (bicyclic) bond motifs is 10. The summed E-state index contributed by atoms with van der Waals surface area (Å²) in [6.07, 6.45) is 0. The quantitative estimate of drug-likeness (QED) is 0.146. The van der Waals surface area contributed by atoms with Gasteiger partial charge in [0, 0.05) is 27.2 Å². The lowest BCUT2D eigenvalue weighted by molar-refractivity contribution is 0.669. The molecule has 0 bridgehead atoms. The minimum Gasteiger partial charge on any atom is -0.456 e. The Hall–Kier alpha value is -6.12. The summed E-state index contributed by atoms with van der Waals surface area (Å²) in [5.41, 5.74) is 7.89. The topological polar surface area (TPSA) is 18.1 Å². The Morgan fingerprint density at radius 3 is 1.70 bits per heavy atom. The highest BCUT2D eigenvalue weighted by atomic mass is 16.3. The molecule has 0 N–H and O–H groups in total. The Morgan fingerprint density at radius 2 is 0.913 bits per heavy atom. The molecule has 11 rings (SSSR count). The zero-order chi connectivity index (χ0) is 29.9. The summed E-state index contributed by atoms with van der Waals surface area (Å²) in [7, 11) is 0. The van der Waals surface area contributed by atoms with E-state index in [0.29, 0.717) is 0 Å². The first-order chi connectivity index (χ1) is 22.8. The van der Waals surface area contributed by atoms with E-state index in [0.717, 1.165) is 16.9 Å². The Bertz CT molecular complexity index is 3000. The van der Waals surface area contributed by atoms with Crippen LogP contribution in [0.2, 0.25) is 0 Å². The number of para-hydroxylation sites is 2. The minimum absolute atomic E-state index is 0.929. The van der Waals surface area contributed by atoms with Crippen molar-refractivity contribution in [3.63, 3.8) is 0 Å². The van der Waals surface area contributed by atoms with Crippen LogP contribution >= 0.6 is 0 Å². The first-order valence-corrected chi connectivity index (χ1v) is 15.9. The molecule has 2 nitrogen and oxygen atoms in total. The number of hydrogen-bond acceptors (Lipinski definition) is 1. The smallest absolute Gasteiger partial charge is 0.136 e. The molecule has 0 amide bonds. The molecule has 0 unspecified atom stereocenters. The van der Waals surface area contributed by atoms with E-state index in [9.17, 15) is 0 Å². The summed E-state index contributed by atoms with van der Waals surface area (Å²) in [6, 6.07) is 55.2. The second-order valence-electron chi connectivity index (χ2n) is 12.4. The van der Waals surface area contributed by atoms with Crippen LogP contribution in [0.1, 0.15) is 0 Å². The third-order valence-corrected chi connectivity index (χ3v) is 10.1. The molecule has 0 aliphatic carbocycles. The molecule has 0 aliphatic heterocycles. The molecule has 0 radical (unpaired) electrons. The lowest BCUT2D eigenvalue weighted by Crippen LogP contribution is -1.94. The van der Waals surface area contributed by atoms with E-state index in [1.54, 1.807) is 0 Å². The van der Waals surface area contributed by atoms with Gasteiger partial charge in [-0.25, -0.2) is 0 Å². The molecule has 46 heavy (non-hydrogen) atoms. The fraction of sp³-hybridized carbons (Fsp3) is 0. The molecule has 0 aliphatic rings. The Balaban J connectivity index is 1.32. The summed E-state index contributed by atoms with van der Waals surface area (Å²) >= 11 is 0. The number of aromatic nitrogens is 1. The maximum atomic E-state index is 6.52. The van der Waals surface area contributed by atoms with Crippen molar-refractivity contribution in [2.75, 3.05) is 0 Å². The van der Waals surface area contributed by atoms with Gasteiger partial charge >= 0.3 is 0 Å². The molecule has 0 saturated carbocycles. The van der Waals surface area contributed by atoms with Gasteiger partial charge in [-0.15, -0.1) is 0 Å². The molecule has 2 heterocycles. The summed E-state index contributed by atoms with van der Waals surface area (Å²) in [5, 5.41) is 15.1. The van der Waals surface area contributed by atoms with Gasteiger partial charge in [-0.05, 0) is 90.6 Å². The zero-order valence-corrected chi connectivity index (χ0v) is 24.8. The molecule has 11 aromatic rings. The van der Waals surface area contributed by atoms with E-state index in [1.807, 2.05) is 0 Å². The van der Waals surface area contributed by atoms with E-state index in [1.165, 1.54) is 86.8 Å². The maximum absolute atomic E-state index is 6.52. The molecular weight excluding hydrogens is 558 g/mol. The van der Waals surface area contributed by atoms with Crippen molar-refractivity contribution in [1.29, 1.82) is 0 Å². The fourth-order valence-corrected chi connectivity index (χ4v) is 8.22. The molecule has 0 saturated heterocycles. The van der Waals surface area contributed by atoms with Crippen LogP contribution in [0.4, 0.5) is 0 Å². The lowest BCUT2D eigenvalue weighted by Gasteiger charge is -2.16. The number of rotatable bonds is 2. The van der Waals surface area contributed by atoms with Crippen molar-refractivity contribution in [3.05, 3.63) is 152 Å². The molecule has 2 heteroatoms. The molecule has 0 spiro atoms. The van der Waals surface area contributed by atoms with E-state index in [4.69, 9.17) is 4.42 Å². The van der Waals surface area contributed by atoms with Gasteiger partial charge in [0.2, 0.25) is 0 Å². The van der Waals surface area contributed by atoms with Crippen LogP contribution in [0.15, 0.2) is 156 Å². The normalized spacial score (nSPS) is 12.3. The Morgan fingerprint density at radius 1 is 0.326 bits per heavy atom. The first-order valence-electron chi connectivity index (χ1n) is 15.9. The van der Waals surface area contributed by atoms with Gasteiger partial charge in [-0.3, -0.25) is 0 Å². The number of furan rings is 1. The van der Waals surface area contributed by atoms with Crippen LogP contribution in [0.5, 0.6) is 0 Å². The van der Waals surface area contributed by atoms with Gasteiger partial charge in [0.1, 0.15) is 11.2 Å². The SMILES string of the molecule is c1ccc(-c2ccc(-n3c4ccccc4c4c5cccc6c7cccc8c9c(cc(c(cc43)c65)c78)oc3ccccc39)cc2)cc1. The second kappa shape index (κ2) is 8.74. The fourth-order valence-electron chi connectivity index (χ4n) is 8.22. The number of hydrogen-bond donors (Lipinski definition) is 0. The van der Waals surface area contributed by atoms with Gasteiger partial charge in [0.15, 0.2) is 0 Å².